The summed E-state index contributed by atoms with van der Waals surface area (Å²) in [4.78, 5) is 23.9. The highest BCUT2D eigenvalue weighted by Gasteiger charge is 2.31. The van der Waals surface area contributed by atoms with Crippen molar-refractivity contribution in [1.82, 2.24) is 5.48 Å². The predicted molar refractivity (Wildman–Crippen MR) is 111 cm³/mol. The number of amides is 1. The number of carbonyl (C=O) groups is 2. The SMILES string of the molecule is COc1ccc(S(=O)(=O)C(CCOC(=O)c2ccccc2C)CC(=O)NO)cc1OC. The average molecular weight is 451 g/mol. The second-order valence-corrected chi connectivity index (χ2v) is 8.89. The van der Waals surface area contributed by atoms with Crippen molar-refractivity contribution < 1.29 is 37.4 Å². The van der Waals surface area contributed by atoms with E-state index in [-0.39, 0.29) is 23.7 Å². The van der Waals surface area contributed by atoms with E-state index in [1.54, 1.807) is 31.2 Å². The molecule has 1 amide bonds. The van der Waals surface area contributed by atoms with E-state index in [1.165, 1.54) is 37.9 Å². The Morgan fingerprint density at radius 3 is 2.35 bits per heavy atom. The molecular weight excluding hydrogens is 426 g/mol. The molecular formula is C21H25NO8S. The number of nitrogens with one attached hydrogen (secondary N) is 1. The molecule has 0 aliphatic heterocycles. The minimum Gasteiger partial charge on any atom is -0.493 e. The van der Waals surface area contributed by atoms with E-state index in [2.05, 4.69) is 0 Å². The largest absolute Gasteiger partial charge is 0.493 e. The van der Waals surface area contributed by atoms with Crippen molar-refractivity contribution in [3.05, 3.63) is 53.6 Å². The molecule has 168 valence electrons. The van der Waals surface area contributed by atoms with Crippen LogP contribution in [0, 0.1) is 6.92 Å². The van der Waals surface area contributed by atoms with E-state index in [1.807, 2.05) is 0 Å². The van der Waals surface area contributed by atoms with E-state index in [0.29, 0.717) is 11.3 Å². The van der Waals surface area contributed by atoms with E-state index in [9.17, 15) is 18.0 Å². The van der Waals surface area contributed by atoms with Crippen LogP contribution in [0.4, 0.5) is 0 Å². The third-order valence-electron chi connectivity index (χ3n) is 4.70. The molecule has 2 rings (SSSR count). The molecule has 9 nitrogen and oxygen atoms in total. The van der Waals surface area contributed by atoms with Gasteiger partial charge in [-0.2, -0.15) is 0 Å². The first-order chi connectivity index (χ1) is 14.7. The van der Waals surface area contributed by atoms with Gasteiger partial charge in [0.05, 0.1) is 36.5 Å². The molecule has 0 heterocycles. The summed E-state index contributed by atoms with van der Waals surface area (Å²) in [5, 5.41) is 7.60. The van der Waals surface area contributed by atoms with Gasteiger partial charge in [-0.3, -0.25) is 10.0 Å². The first kappa shape index (κ1) is 24.2. The van der Waals surface area contributed by atoms with Gasteiger partial charge in [-0.1, -0.05) is 18.2 Å². The van der Waals surface area contributed by atoms with Crippen molar-refractivity contribution in [1.29, 1.82) is 0 Å². The van der Waals surface area contributed by atoms with Crippen molar-refractivity contribution in [3.63, 3.8) is 0 Å². The standard InChI is InChI=1S/C21H25NO8S/c1-14-6-4-5-7-17(14)21(24)30-11-10-16(13-20(23)22-25)31(26,27)15-8-9-18(28-2)19(12-15)29-3/h4-9,12,16,25H,10-11,13H2,1-3H3,(H,22,23). The summed E-state index contributed by atoms with van der Waals surface area (Å²) >= 11 is 0. The number of rotatable bonds is 10. The topological polar surface area (TPSA) is 128 Å². The van der Waals surface area contributed by atoms with Gasteiger partial charge in [-0.25, -0.2) is 18.7 Å². The van der Waals surface area contributed by atoms with E-state index in [0.717, 1.165) is 5.56 Å². The zero-order chi connectivity index (χ0) is 23.0. The fraction of sp³-hybridized carbons (Fsp3) is 0.333. The Bertz CT molecular complexity index is 1040. The number of esters is 1. The summed E-state index contributed by atoms with van der Waals surface area (Å²) in [6.07, 6.45) is -0.670. The second-order valence-electron chi connectivity index (χ2n) is 6.66. The van der Waals surface area contributed by atoms with E-state index < -0.39 is 33.4 Å². The lowest BCUT2D eigenvalue weighted by Gasteiger charge is -2.18. The number of hydrogen-bond donors (Lipinski definition) is 2. The van der Waals surface area contributed by atoms with Crippen LogP contribution in [0.2, 0.25) is 0 Å². The number of hydroxylamine groups is 1. The quantitative estimate of drug-likeness (QED) is 0.320. The Labute approximate surface area is 180 Å². The Morgan fingerprint density at radius 2 is 1.74 bits per heavy atom. The van der Waals surface area contributed by atoms with Crippen LogP contribution in [0.15, 0.2) is 47.4 Å². The summed E-state index contributed by atoms with van der Waals surface area (Å²) < 4.78 is 41.8. The fourth-order valence-corrected chi connectivity index (χ4v) is 4.66. The molecule has 0 spiro atoms. The number of benzene rings is 2. The van der Waals surface area contributed by atoms with Crippen LogP contribution in [0.5, 0.6) is 11.5 Å². The maximum atomic E-state index is 13.2. The summed E-state index contributed by atoms with van der Waals surface area (Å²) in [6.45, 7) is 1.52. The van der Waals surface area contributed by atoms with Gasteiger partial charge < -0.3 is 14.2 Å². The third kappa shape index (κ3) is 5.96. The molecule has 2 aromatic carbocycles. The summed E-state index contributed by atoms with van der Waals surface area (Å²) in [5.41, 5.74) is 2.53. The summed E-state index contributed by atoms with van der Waals surface area (Å²) in [7, 11) is -1.24. The van der Waals surface area contributed by atoms with Crippen molar-refractivity contribution in [2.75, 3.05) is 20.8 Å². The van der Waals surface area contributed by atoms with Gasteiger partial charge in [-0.15, -0.1) is 0 Å². The maximum Gasteiger partial charge on any atom is 0.338 e. The van der Waals surface area contributed by atoms with E-state index in [4.69, 9.17) is 19.4 Å². The Hall–Kier alpha value is -3.11. The lowest BCUT2D eigenvalue weighted by molar-refractivity contribution is -0.129. The highest BCUT2D eigenvalue weighted by Crippen LogP contribution is 2.32. The lowest BCUT2D eigenvalue weighted by Crippen LogP contribution is -2.31. The minimum atomic E-state index is -4.03. The maximum absolute atomic E-state index is 13.2. The lowest BCUT2D eigenvalue weighted by atomic mass is 10.1. The third-order valence-corrected chi connectivity index (χ3v) is 6.89. The molecule has 0 radical (unpaired) electrons. The molecule has 10 heteroatoms. The molecule has 2 aromatic rings. The zero-order valence-corrected chi connectivity index (χ0v) is 18.3. The number of sulfone groups is 1. The van der Waals surface area contributed by atoms with Gasteiger partial charge >= 0.3 is 5.97 Å². The molecule has 1 unspecified atom stereocenters. The van der Waals surface area contributed by atoms with E-state index >= 15 is 0 Å². The van der Waals surface area contributed by atoms with Crippen LogP contribution >= 0.6 is 0 Å². The van der Waals surface area contributed by atoms with Crippen LogP contribution in [0.25, 0.3) is 0 Å². The fourth-order valence-electron chi connectivity index (χ4n) is 2.97. The van der Waals surface area contributed by atoms with Gasteiger partial charge in [0.2, 0.25) is 5.91 Å². The van der Waals surface area contributed by atoms with Gasteiger partial charge in [0.25, 0.3) is 0 Å². The smallest absolute Gasteiger partial charge is 0.338 e. The number of methoxy groups -OCH3 is 2. The van der Waals surface area contributed by atoms with Gasteiger partial charge in [0.15, 0.2) is 21.3 Å². The molecule has 0 saturated carbocycles. The molecule has 0 saturated heterocycles. The van der Waals surface area contributed by atoms with Crippen molar-refractivity contribution in [2.24, 2.45) is 0 Å². The number of carbonyl (C=O) groups excluding carboxylic acids is 2. The van der Waals surface area contributed by atoms with Gasteiger partial charge in [0.1, 0.15) is 0 Å². The van der Waals surface area contributed by atoms with Crippen LogP contribution in [-0.4, -0.2) is 51.6 Å². The number of ether oxygens (including phenoxy) is 3. The minimum absolute atomic E-state index is 0.0916. The molecule has 31 heavy (non-hydrogen) atoms. The number of aryl methyl sites for hydroxylation is 1. The van der Waals surface area contributed by atoms with Crippen molar-refractivity contribution in [2.45, 2.75) is 29.9 Å². The first-order valence-corrected chi connectivity index (χ1v) is 10.9. The number of hydrogen-bond acceptors (Lipinski definition) is 8. The molecule has 0 aromatic heterocycles. The van der Waals surface area contributed by atoms with Crippen LogP contribution in [-0.2, 0) is 19.4 Å². The molecule has 2 N–H and O–H groups in total. The first-order valence-electron chi connectivity index (χ1n) is 9.36. The molecule has 1 atom stereocenters. The average Bonchev–Trinajstić information content (AvgIpc) is 2.77. The van der Waals surface area contributed by atoms with Gasteiger partial charge in [-0.05, 0) is 37.1 Å². The monoisotopic (exact) mass is 451 g/mol. The Morgan fingerprint density at radius 1 is 1.06 bits per heavy atom. The highest BCUT2D eigenvalue weighted by atomic mass is 32.2. The molecule has 0 fully saturated rings. The molecule has 0 bridgehead atoms. The summed E-state index contributed by atoms with van der Waals surface area (Å²) in [5.74, 6) is -0.913. The van der Waals surface area contributed by atoms with Crippen molar-refractivity contribution in [3.8, 4) is 11.5 Å². The summed E-state index contributed by atoms with van der Waals surface area (Å²) in [6, 6.07) is 10.9. The highest BCUT2D eigenvalue weighted by molar-refractivity contribution is 7.92. The Balaban J connectivity index is 2.22. The van der Waals surface area contributed by atoms with Crippen LogP contribution < -0.4 is 15.0 Å². The van der Waals surface area contributed by atoms with Crippen LogP contribution in [0.1, 0.15) is 28.8 Å². The molecule has 0 aliphatic carbocycles. The van der Waals surface area contributed by atoms with Crippen molar-refractivity contribution >= 4 is 21.7 Å². The van der Waals surface area contributed by atoms with Crippen LogP contribution in [0.3, 0.4) is 0 Å². The second kappa shape index (κ2) is 10.8. The normalized spacial score (nSPS) is 12.0. The predicted octanol–water partition coefficient (Wildman–Crippen LogP) is 2.30. The Kier molecular flexibility index (Phi) is 8.40. The molecule has 0 aliphatic rings. The zero-order valence-electron chi connectivity index (χ0n) is 17.5. The van der Waals surface area contributed by atoms with Gasteiger partial charge in [0, 0.05) is 12.5 Å².